The van der Waals surface area contributed by atoms with E-state index >= 15 is 0 Å². The topological polar surface area (TPSA) is 107 Å². The number of oxime groups is 1. The normalized spacial score (nSPS) is 18.9. The maximum Gasteiger partial charge on any atom is 0.503 e. The predicted molar refractivity (Wildman–Crippen MR) is 132 cm³/mol. The van der Waals surface area contributed by atoms with Gasteiger partial charge in [0.2, 0.25) is 5.91 Å². The van der Waals surface area contributed by atoms with Crippen LogP contribution in [0.15, 0.2) is 52.0 Å². The standard InChI is InChI=1S/C24H24F3N5O4S2/c1-15-11-21(38(34,35)24(25,26)27)29-32(15)13-22(33)31-9-7-17(8-10-31)23-28-19(14-37-23)18-12-20(36-30-18)16-5-3-2-4-6-16/h2-6,11,14,17,20H,7-10,12-13H2,1H3/t20-/m1/s1. The molecule has 14 heteroatoms. The van der Waals surface area contributed by atoms with Crippen LogP contribution in [0, 0.1) is 6.92 Å². The van der Waals surface area contributed by atoms with E-state index in [1.807, 2.05) is 35.7 Å². The van der Waals surface area contributed by atoms with Gasteiger partial charge in [0, 0.05) is 36.5 Å². The van der Waals surface area contributed by atoms with Crippen molar-refractivity contribution in [3.8, 4) is 0 Å². The van der Waals surface area contributed by atoms with Crippen LogP contribution in [0.2, 0.25) is 0 Å². The lowest BCUT2D eigenvalue weighted by molar-refractivity contribution is -0.133. The monoisotopic (exact) mass is 567 g/mol. The largest absolute Gasteiger partial charge is 0.503 e. The van der Waals surface area contributed by atoms with E-state index in [1.54, 1.807) is 16.2 Å². The fourth-order valence-corrected chi connectivity index (χ4v) is 6.25. The van der Waals surface area contributed by atoms with Crippen molar-refractivity contribution in [3.05, 3.63) is 63.7 Å². The van der Waals surface area contributed by atoms with Gasteiger partial charge in [0.25, 0.3) is 9.84 Å². The summed E-state index contributed by atoms with van der Waals surface area (Å²) in [6.45, 7) is 1.97. The minimum absolute atomic E-state index is 0.131. The highest BCUT2D eigenvalue weighted by molar-refractivity contribution is 7.92. The highest BCUT2D eigenvalue weighted by Gasteiger charge is 2.48. The molecule has 2 aromatic heterocycles. The fourth-order valence-electron chi connectivity index (χ4n) is 4.48. The van der Waals surface area contributed by atoms with Crippen molar-refractivity contribution in [2.24, 2.45) is 5.16 Å². The molecule has 2 aliphatic rings. The SMILES string of the molecule is Cc1cc(S(=O)(=O)C(F)(F)F)nn1CC(=O)N1CCC(c2nc(C3=NO[C@@H](c4ccccc4)C3)cs2)CC1. The first-order valence-electron chi connectivity index (χ1n) is 11.9. The molecule has 2 aliphatic heterocycles. The van der Waals surface area contributed by atoms with E-state index in [9.17, 15) is 26.4 Å². The van der Waals surface area contributed by atoms with Gasteiger partial charge in [0.15, 0.2) is 11.1 Å². The number of sulfone groups is 1. The molecule has 0 radical (unpaired) electrons. The number of carbonyl (C=O) groups is 1. The van der Waals surface area contributed by atoms with Crippen LogP contribution in [0.3, 0.4) is 0 Å². The van der Waals surface area contributed by atoms with Crippen molar-refractivity contribution in [2.45, 2.75) is 55.3 Å². The fraction of sp³-hybridized carbons (Fsp3) is 0.417. The molecule has 9 nitrogen and oxygen atoms in total. The van der Waals surface area contributed by atoms with Gasteiger partial charge in [-0.15, -0.1) is 11.3 Å². The molecule has 1 amide bonds. The zero-order valence-corrected chi connectivity index (χ0v) is 21.9. The molecular weight excluding hydrogens is 543 g/mol. The minimum Gasteiger partial charge on any atom is -0.387 e. The minimum atomic E-state index is -5.58. The summed E-state index contributed by atoms with van der Waals surface area (Å²) in [7, 11) is -5.58. The van der Waals surface area contributed by atoms with E-state index in [4.69, 9.17) is 9.82 Å². The number of rotatable bonds is 6. The number of halogens is 3. The lowest BCUT2D eigenvalue weighted by Gasteiger charge is -2.31. The second-order valence-corrected chi connectivity index (χ2v) is 12.0. The molecule has 0 aliphatic carbocycles. The van der Waals surface area contributed by atoms with E-state index in [0.717, 1.165) is 32.7 Å². The Balaban J connectivity index is 1.16. The van der Waals surface area contributed by atoms with E-state index in [1.165, 1.54) is 6.92 Å². The van der Waals surface area contributed by atoms with Crippen molar-refractivity contribution < 1.29 is 31.2 Å². The van der Waals surface area contributed by atoms with Crippen molar-refractivity contribution in [1.82, 2.24) is 19.7 Å². The molecule has 5 rings (SSSR count). The molecule has 1 fully saturated rings. The van der Waals surface area contributed by atoms with E-state index in [-0.39, 0.29) is 30.2 Å². The van der Waals surface area contributed by atoms with Gasteiger partial charge in [0.05, 0.1) is 10.7 Å². The second kappa shape index (κ2) is 10.1. The van der Waals surface area contributed by atoms with Crippen molar-refractivity contribution >= 4 is 32.8 Å². The Morgan fingerprint density at radius 3 is 2.58 bits per heavy atom. The van der Waals surface area contributed by atoms with Gasteiger partial charge in [0.1, 0.15) is 12.3 Å². The third-order valence-electron chi connectivity index (χ3n) is 6.68. The molecule has 0 bridgehead atoms. The number of likely N-dealkylation sites (tertiary alicyclic amines) is 1. The Kier molecular flexibility index (Phi) is 7.03. The average Bonchev–Trinajstić information content (AvgIpc) is 3.64. The summed E-state index contributed by atoms with van der Waals surface area (Å²) in [5, 5.41) is 9.59. The Bertz CT molecular complexity index is 1460. The van der Waals surface area contributed by atoms with Gasteiger partial charge in [-0.2, -0.15) is 18.3 Å². The lowest BCUT2D eigenvalue weighted by atomic mass is 9.97. The number of benzene rings is 1. The molecule has 1 aromatic carbocycles. The maximum absolute atomic E-state index is 12.8. The lowest BCUT2D eigenvalue weighted by Crippen LogP contribution is -2.40. The smallest absolute Gasteiger partial charge is 0.387 e. The summed E-state index contributed by atoms with van der Waals surface area (Å²) in [5.74, 6) is -0.171. The van der Waals surface area contributed by atoms with Gasteiger partial charge >= 0.3 is 5.51 Å². The van der Waals surface area contributed by atoms with Crippen LogP contribution in [0.4, 0.5) is 13.2 Å². The van der Waals surface area contributed by atoms with Crippen molar-refractivity contribution in [1.29, 1.82) is 0 Å². The summed E-state index contributed by atoms with van der Waals surface area (Å²) in [6.07, 6.45) is 1.87. The Morgan fingerprint density at radius 2 is 1.89 bits per heavy atom. The van der Waals surface area contributed by atoms with Crippen LogP contribution >= 0.6 is 11.3 Å². The van der Waals surface area contributed by atoms with E-state index < -0.39 is 20.4 Å². The first kappa shape index (κ1) is 26.4. The number of hydrogen-bond donors (Lipinski definition) is 0. The predicted octanol–water partition coefficient (Wildman–Crippen LogP) is 4.21. The molecule has 4 heterocycles. The highest BCUT2D eigenvalue weighted by atomic mass is 32.2. The third-order valence-corrected chi connectivity index (χ3v) is 9.05. The first-order valence-corrected chi connectivity index (χ1v) is 14.3. The Labute approximate surface area is 220 Å². The summed E-state index contributed by atoms with van der Waals surface area (Å²) >= 11 is 1.55. The maximum atomic E-state index is 12.8. The van der Waals surface area contributed by atoms with Crippen molar-refractivity contribution in [2.75, 3.05) is 13.1 Å². The number of piperidine rings is 1. The summed E-state index contributed by atoms with van der Waals surface area (Å²) in [6, 6.07) is 10.7. The molecule has 0 saturated carbocycles. The number of nitrogens with zero attached hydrogens (tertiary/aromatic N) is 5. The van der Waals surface area contributed by atoms with Crippen LogP contribution in [0.1, 0.15) is 53.2 Å². The zero-order valence-electron chi connectivity index (χ0n) is 20.3. The summed E-state index contributed by atoms with van der Waals surface area (Å²) in [5.41, 5.74) is -2.65. The van der Waals surface area contributed by atoms with Gasteiger partial charge in [-0.05, 0) is 31.4 Å². The molecular formula is C24H24F3N5O4S2. The Morgan fingerprint density at radius 1 is 1.18 bits per heavy atom. The molecule has 202 valence electrons. The molecule has 0 unspecified atom stereocenters. The molecule has 1 atom stereocenters. The summed E-state index contributed by atoms with van der Waals surface area (Å²) in [4.78, 5) is 24.8. The summed E-state index contributed by atoms with van der Waals surface area (Å²) < 4.78 is 62.8. The average molecular weight is 568 g/mol. The highest BCUT2D eigenvalue weighted by Crippen LogP contribution is 2.34. The van der Waals surface area contributed by atoms with Gasteiger partial charge in [-0.3, -0.25) is 9.48 Å². The molecule has 1 saturated heterocycles. The second-order valence-electron chi connectivity index (χ2n) is 9.20. The quantitative estimate of drug-likeness (QED) is 0.442. The number of alkyl halides is 3. The number of aromatic nitrogens is 3. The number of amides is 1. The zero-order chi connectivity index (χ0) is 27.1. The molecule has 3 aromatic rings. The number of aryl methyl sites for hydroxylation is 1. The van der Waals surface area contributed by atoms with Crippen LogP contribution in [0.25, 0.3) is 0 Å². The van der Waals surface area contributed by atoms with Gasteiger partial charge in [-0.25, -0.2) is 13.4 Å². The van der Waals surface area contributed by atoms with Crippen LogP contribution in [-0.4, -0.2) is 58.3 Å². The third kappa shape index (κ3) is 5.19. The van der Waals surface area contributed by atoms with Gasteiger partial charge in [-0.1, -0.05) is 35.5 Å². The molecule has 0 spiro atoms. The van der Waals surface area contributed by atoms with E-state index in [2.05, 4.69) is 10.3 Å². The Hall–Kier alpha value is -3.26. The van der Waals surface area contributed by atoms with Crippen molar-refractivity contribution in [3.63, 3.8) is 0 Å². The molecule has 38 heavy (non-hydrogen) atoms. The van der Waals surface area contributed by atoms with Gasteiger partial charge < -0.3 is 9.74 Å². The van der Waals surface area contributed by atoms with Crippen LogP contribution in [0.5, 0.6) is 0 Å². The number of carbonyl (C=O) groups excluding carboxylic acids is 1. The van der Waals surface area contributed by atoms with Crippen LogP contribution < -0.4 is 0 Å². The molecule has 0 N–H and O–H groups in total. The first-order chi connectivity index (χ1) is 18.0. The van der Waals surface area contributed by atoms with E-state index in [0.29, 0.717) is 32.4 Å². The number of hydrogen-bond acceptors (Lipinski definition) is 8. The van der Waals surface area contributed by atoms with Crippen LogP contribution in [-0.2, 0) is 26.0 Å². The number of thiazole rings is 1.